The lowest BCUT2D eigenvalue weighted by Crippen LogP contribution is -2.17. The molecule has 1 atom stereocenters. The molecule has 50 heavy (non-hydrogen) atoms. The van der Waals surface area contributed by atoms with Crippen molar-refractivity contribution in [3.8, 4) is 0 Å². The summed E-state index contributed by atoms with van der Waals surface area (Å²) in [6, 6.07) is 0. The van der Waals surface area contributed by atoms with E-state index in [1.165, 1.54) is 103 Å². The van der Waals surface area contributed by atoms with Crippen LogP contribution in [0, 0.1) is 0 Å². The lowest BCUT2D eigenvalue weighted by molar-refractivity contribution is -0.149. The van der Waals surface area contributed by atoms with Gasteiger partial charge in [0.05, 0.1) is 0 Å². The number of carboxylic acids is 1. The first-order valence-corrected chi connectivity index (χ1v) is 21.3. The Morgan fingerprint density at radius 1 is 0.460 bits per heavy atom. The van der Waals surface area contributed by atoms with E-state index >= 15 is 0 Å². The Bertz CT molecular complexity index is 881. The van der Waals surface area contributed by atoms with Crippen molar-refractivity contribution in [2.24, 2.45) is 0 Å². The molecule has 1 N–H and O–H groups in total. The van der Waals surface area contributed by atoms with Crippen molar-refractivity contribution < 1.29 is 19.4 Å². The van der Waals surface area contributed by atoms with Gasteiger partial charge in [0.15, 0.2) is 0 Å². The van der Waals surface area contributed by atoms with Crippen LogP contribution in [0.15, 0.2) is 60.8 Å². The number of carboxylic acid groups (broad SMARTS) is 1. The van der Waals surface area contributed by atoms with Gasteiger partial charge in [-0.25, -0.2) is 0 Å². The zero-order valence-corrected chi connectivity index (χ0v) is 32.9. The molecule has 288 valence electrons. The Morgan fingerprint density at radius 3 is 1.24 bits per heavy atom. The first-order chi connectivity index (χ1) is 24.6. The lowest BCUT2D eigenvalue weighted by atomic mass is 10.0. The Kier molecular flexibility index (Phi) is 39.1. The van der Waals surface area contributed by atoms with Crippen LogP contribution in [0.3, 0.4) is 0 Å². The molecule has 0 aliphatic heterocycles. The van der Waals surface area contributed by atoms with E-state index in [2.05, 4.69) is 74.6 Å². The van der Waals surface area contributed by atoms with Crippen molar-refractivity contribution in [2.45, 2.75) is 219 Å². The number of carbonyl (C=O) groups is 2. The number of carbonyl (C=O) groups excluding carboxylic acids is 1. The largest absolute Gasteiger partial charge is 0.481 e. The van der Waals surface area contributed by atoms with Crippen LogP contribution in [0.5, 0.6) is 0 Å². The van der Waals surface area contributed by atoms with Gasteiger partial charge in [-0.3, -0.25) is 9.59 Å². The molecular formula is C46H80O4. The van der Waals surface area contributed by atoms with Gasteiger partial charge in [0, 0.05) is 12.8 Å². The summed E-state index contributed by atoms with van der Waals surface area (Å²) < 4.78 is 5.79. The quantitative estimate of drug-likeness (QED) is 0.0396. The molecule has 4 nitrogen and oxygen atoms in total. The van der Waals surface area contributed by atoms with Crippen LogP contribution in [0.2, 0.25) is 0 Å². The van der Waals surface area contributed by atoms with Crippen molar-refractivity contribution in [1.29, 1.82) is 0 Å². The highest BCUT2D eigenvalue weighted by molar-refractivity contribution is 5.69. The van der Waals surface area contributed by atoms with Crippen LogP contribution in [-0.2, 0) is 14.3 Å². The van der Waals surface area contributed by atoms with Gasteiger partial charge in [0.25, 0.3) is 0 Å². The Labute approximate surface area is 310 Å². The van der Waals surface area contributed by atoms with E-state index in [4.69, 9.17) is 9.84 Å². The molecule has 0 radical (unpaired) electrons. The standard InChI is InChI=1S/C46H80O4/c1-3-5-6-7-8-9-10-11-12-13-14-19-22-25-28-31-34-37-40-43-46(49)50-44(4-2)41-38-35-32-29-26-23-20-17-15-16-18-21-24-27-30-33-36-39-42-45(47)48/h5-6,8-9,11-12,14,19,25,28,44H,3-4,7,10,13,15-18,20-24,26-27,29-43H2,1-2H3,(H,47,48)/b6-5-,9-8-,12-11-,19-14-,28-25-. The maximum atomic E-state index is 12.3. The van der Waals surface area contributed by atoms with Crippen LogP contribution in [0.4, 0.5) is 0 Å². The predicted molar refractivity (Wildman–Crippen MR) is 218 cm³/mol. The van der Waals surface area contributed by atoms with Crippen LogP contribution in [-0.4, -0.2) is 23.1 Å². The Balaban J connectivity index is 3.50. The molecule has 0 aliphatic rings. The van der Waals surface area contributed by atoms with E-state index in [0.29, 0.717) is 12.8 Å². The normalized spacial score (nSPS) is 12.8. The van der Waals surface area contributed by atoms with Crippen molar-refractivity contribution in [2.75, 3.05) is 0 Å². The number of hydrogen-bond acceptors (Lipinski definition) is 3. The molecule has 0 aromatic carbocycles. The van der Waals surface area contributed by atoms with Crippen molar-refractivity contribution >= 4 is 11.9 Å². The molecule has 0 bridgehead atoms. The minimum Gasteiger partial charge on any atom is -0.481 e. The minimum atomic E-state index is -0.663. The molecule has 0 rings (SSSR count). The van der Waals surface area contributed by atoms with E-state index in [0.717, 1.165) is 83.5 Å². The monoisotopic (exact) mass is 697 g/mol. The smallest absolute Gasteiger partial charge is 0.306 e. The van der Waals surface area contributed by atoms with E-state index in [9.17, 15) is 9.59 Å². The van der Waals surface area contributed by atoms with Gasteiger partial charge in [-0.05, 0) is 77.0 Å². The number of hydrogen-bond donors (Lipinski definition) is 1. The summed E-state index contributed by atoms with van der Waals surface area (Å²) in [5, 5.41) is 8.66. The molecule has 0 spiro atoms. The summed E-state index contributed by atoms with van der Waals surface area (Å²) in [5.74, 6) is -0.669. The third-order valence-corrected chi connectivity index (χ3v) is 9.33. The molecule has 0 saturated heterocycles. The molecular weight excluding hydrogens is 617 g/mol. The third-order valence-electron chi connectivity index (χ3n) is 9.33. The second-order valence-corrected chi connectivity index (χ2v) is 14.1. The highest BCUT2D eigenvalue weighted by Crippen LogP contribution is 2.17. The fourth-order valence-corrected chi connectivity index (χ4v) is 6.14. The number of ether oxygens (including phenoxy) is 1. The average molecular weight is 697 g/mol. The number of rotatable bonds is 38. The first-order valence-electron chi connectivity index (χ1n) is 21.3. The number of unbranched alkanes of at least 4 members (excludes halogenated alkanes) is 20. The maximum absolute atomic E-state index is 12.3. The second kappa shape index (κ2) is 41.1. The Morgan fingerprint density at radius 2 is 0.820 bits per heavy atom. The van der Waals surface area contributed by atoms with Crippen LogP contribution < -0.4 is 0 Å². The summed E-state index contributed by atoms with van der Waals surface area (Å²) in [4.78, 5) is 22.9. The van der Waals surface area contributed by atoms with E-state index < -0.39 is 5.97 Å². The molecule has 0 amide bonds. The van der Waals surface area contributed by atoms with E-state index in [-0.39, 0.29) is 12.1 Å². The highest BCUT2D eigenvalue weighted by atomic mass is 16.5. The van der Waals surface area contributed by atoms with Gasteiger partial charge < -0.3 is 9.84 Å². The Hall–Kier alpha value is -2.36. The lowest BCUT2D eigenvalue weighted by Gasteiger charge is -2.16. The molecule has 0 fully saturated rings. The number of allylic oxidation sites excluding steroid dienone is 10. The van der Waals surface area contributed by atoms with Gasteiger partial charge in [-0.2, -0.15) is 0 Å². The molecule has 0 heterocycles. The fraction of sp³-hybridized carbons (Fsp3) is 0.739. The van der Waals surface area contributed by atoms with Gasteiger partial charge >= 0.3 is 11.9 Å². The summed E-state index contributed by atoms with van der Waals surface area (Å²) >= 11 is 0. The summed E-state index contributed by atoms with van der Waals surface area (Å²) in [5.41, 5.74) is 0. The second-order valence-electron chi connectivity index (χ2n) is 14.1. The number of aliphatic carboxylic acids is 1. The molecule has 0 aromatic heterocycles. The van der Waals surface area contributed by atoms with Crippen molar-refractivity contribution in [3.05, 3.63) is 60.8 Å². The molecule has 4 heteroatoms. The fourth-order valence-electron chi connectivity index (χ4n) is 6.14. The van der Waals surface area contributed by atoms with Gasteiger partial charge in [-0.1, -0.05) is 184 Å². The van der Waals surface area contributed by atoms with Crippen molar-refractivity contribution in [1.82, 2.24) is 0 Å². The third kappa shape index (κ3) is 40.1. The minimum absolute atomic E-state index is 0.00606. The van der Waals surface area contributed by atoms with E-state index in [1.807, 2.05) is 0 Å². The SMILES string of the molecule is CC/C=C\C/C=C\C/C=C\C/C=C\C/C=C\CCCCCC(=O)OC(CC)CCCCCCCCCCCCCCCCCCCCC(=O)O. The van der Waals surface area contributed by atoms with Gasteiger partial charge in [-0.15, -0.1) is 0 Å². The molecule has 0 aliphatic carbocycles. The topological polar surface area (TPSA) is 63.6 Å². The first kappa shape index (κ1) is 47.6. The van der Waals surface area contributed by atoms with Crippen LogP contribution in [0.1, 0.15) is 213 Å². The van der Waals surface area contributed by atoms with Crippen LogP contribution in [0.25, 0.3) is 0 Å². The zero-order chi connectivity index (χ0) is 36.4. The summed E-state index contributed by atoms with van der Waals surface area (Å²) in [6.45, 7) is 4.30. The number of esters is 1. The van der Waals surface area contributed by atoms with Crippen LogP contribution >= 0.6 is 0 Å². The average Bonchev–Trinajstić information content (AvgIpc) is 3.11. The molecule has 1 unspecified atom stereocenters. The van der Waals surface area contributed by atoms with Gasteiger partial charge in [0.2, 0.25) is 0 Å². The zero-order valence-electron chi connectivity index (χ0n) is 32.9. The van der Waals surface area contributed by atoms with Gasteiger partial charge in [0.1, 0.15) is 6.10 Å². The highest BCUT2D eigenvalue weighted by Gasteiger charge is 2.12. The van der Waals surface area contributed by atoms with E-state index in [1.54, 1.807) is 0 Å². The molecule has 0 aromatic rings. The van der Waals surface area contributed by atoms with Crippen molar-refractivity contribution in [3.63, 3.8) is 0 Å². The summed E-state index contributed by atoms with van der Waals surface area (Å²) in [7, 11) is 0. The predicted octanol–water partition coefficient (Wildman–Crippen LogP) is 14.9. The molecule has 0 saturated carbocycles. The maximum Gasteiger partial charge on any atom is 0.306 e. The summed E-state index contributed by atoms with van der Waals surface area (Å²) in [6.07, 6.45) is 57.7.